The topological polar surface area (TPSA) is 71.6 Å². The number of aliphatic imine (C=N–C) groups is 1. The van der Waals surface area contributed by atoms with E-state index < -0.39 is 12.1 Å². The van der Waals surface area contributed by atoms with Crippen LogP contribution in [0, 0.1) is 19.3 Å². The number of rotatable bonds is 2. The van der Waals surface area contributed by atoms with E-state index in [4.69, 9.17) is 12.2 Å². The summed E-state index contributed by atoms with van der Waals surface area (Å²) >= 11 is 0. The summed E-state index contributed by atoms with van der Waals surface area (Å²) in [5.74, 6) is 2.80. The van der Waals surface area contributed by atoms with Crippen molar-refractivity contribution in [3.8, 4) is 12.3 Å². The van der Waals surface area contributed by atoms with E-state index in [0.29, 0.717) is 0 Å². The lowest BCUT2D eigenvalue weighted by Gasteiger charge is -2.28. The number of terminal acetylenes is 1. The predicted octanol–water partition coefficient (Wildman–Crippen LogP) is 1.25. The van der Waals surface area contributed by atoms with Crippen LogP contribution in [0.2, 0.25) is 0 Å². The van der Waals surface area contributed by atoms with Gasteiger partial charge in [-0.2, -0.15) is 4.99 Å². The van der Waals surface area contributed by atoms with Gasteiger partial charge in [-0.15, -0.1) is 6.42 Å². The highest BCUT2D eigenvalue weighted by Crippen LogP contribution is 2.30. The van der Waals surface area contributed by atoms with Crippen molar-refractivity contribution in [2.45, 2.75) is 25.9 Å². The van der Waals surface area contributed by atoms with Crippen molar-refractivity contribution >= 4 is 11.9 Å². The summed E-state index contributed by atoms with van der Waals surface area (Å²) in [5.41, 5.74) is 7.70. The van der Waals surface area contributed by atoms with Crippen LogP contribution in [0.25, 0.3) is 0 Å². The maximum absolute atomic E-state index is 11.8. The first-order valence-corrected chi connectivity index (χ1v) is 5.59. The van der Waals surface area contributed by atoms with Gasteiger partial charge in [0.05, 0.1) is 6.04 Å². The lowest BCUT2D eigenvalue weighted by Crippen LogP contribution is -2.39. The molecule has 5 nitrogen and oxygen atoms in total. The van der Waals surface area contributed by atoms with Crippen LogP contribution >= 0.6 is 0 Å². The average molecular weight is 242 g/mol. The van der Waals surface area contributed by atoms with E-state index in [1.807, 2.05) is 13.0 Å². The fraction of sp³-hybridized carbons (Fsp3) is 0.308. The van der Waals surface area contributed by atoms with Gasteiger partial charge in [-0.1, -0.05) is 5.92 Å². The van der Waals surface area contributed by atoms with E-state index in [0.717, 1.165) is 11.1 Å². The Morgan fingerprint density at radius 2 is 2.33 bits per heavy atom. The summed E-state index contributed by atoms with van der Waals surface area (Å²) in [7, 11) is 0. The zero-order valence-electron chi connectivity index (χ0n) is 10.3. The molecule has 1 aromatic heterocycles. The maximum Gasteiger partial charge on any atom is 0.347 e. The number of aromatic nitrogens is 1. The number of amidine groups is 1. The summed E-state index contributed by atoms with van der Waals surface area (Å²) in [6.45, 7) is 3.70. The molecule has 2 amide bonds. The van der Waals surface area contributed by atoms with Gasteiger partial charge in [0.15, 0.2) is 0 Å². The quantitative estimate of drug-likeness (QED) is 0.793. The highest BCUT2D eigenvalue weighted by atomic mass is 16.2. The monoisotopic (exact) mass is 242 g/mol. The number of nitrogens with two attached hydrogens (primary N) is 1. The third-order valence-corrected chi connectivity index (χ3v) is 3.04. The number of amides is 2. The van der Waals surface area contributed by atoms with Crippen LogP contribution in [0.1, 0.15) is 24.1 Å². The van der Waals surface area contributed by atoms with Gasteiger partial charge >= 0.3 is 6.03 Å². The van der Waals surface area contributed by atoms with Crippen molar-refractivity contribution < 1.29 is 4.79 Å². The van der Waals surface area contributed by atoms with E-state index in [1.54, 1.807) is 19.3 Å². The number of aryl methyl sites for hydroxylation is 1. The molecule has 92 valence electrons. The molecular formula is C13H14N4O. The van der Waals surface area contributed by atoms with Crippen molar-refractivity contribution in [1.29, 1.82) is 0 Å². The molecule has 5 heteroatoms. The van der Waals surface area contributed by atoms with Gasteiger partial charge in [-0.05, 0) is 25.5 Å². The molecule has 18 heavy (non-hydrogen) atoms. The molecule has 0 aromatic carbocycles. The number of hydrogen-bond acceptors (Lipinski definition) is 3. The SMILES string of the molecule is C#CC(C)N1C(=O)N=C(N)C1c1cnccc1C. The van der Waals surface area contributed by atoms with E-state index in [1.165, 1.54) is 4.90 Å². The second kappa shape index (κ2) is 4.49. The Balaban J connectivity index is 2.48. The molecule has 2 heterocycles. The Labute approximate surface area is 106 Å². The molecule has 1 aliphatic heterocycles. The number of pyridine rings is 1. The van der Waals surface area contributed by atoms with Crippen LogP contribution in [0.15, 0.2) is 23.5 Å². The Morgan fingerprint density at radius 3 is 2.94 bits per heavy atom. The normalized spacial score (nSPS) is 20.5. The van der Waals surface area contributed by atoms with Crippen LogP contribution in [-0.4, -0.2) is 27.8 Å². The van der Waals surface area contributed by atoms with Crippen molar-refractivity contribution in [3.05, 3.63) is 29.6 Å². The maximum atomic E-state index is 11.8. The Morgan fingerprint density at radius 1 is 1.61 bits per heavy atom. The molecule has 0 spiro atoms. The number of carbonyl (C=O) groups excluding carboxylic acids is 1. The van der Waals surface area contributed by atoms with Crippen LogP contribution in [0.3, 0.4) is 0 Å². The zero-order valence-corrected chi connectivity index (χ0v) is 10.3. The first kappa shape index (κ1) is 12.1. The molecule has 0 bridgehead atoms. The fourth-order valence-corrected chi connectivity index (χ4v) is 2.02. The van der Waals surface area contributed by atoms with Gasteiger partial charge in [-0.25, -0.2) is 4.79 Å². The van der Waals surface area contributed by atoms with Gasteiger partial charge in [0.1, 0.15) is 11.9 Å². The molecule has 0 radical (unpaired) electrons. The molecule has 2 atom stereocenters. The van der Waals surface area contributed by atoms with Gasteiger partial charge in [0.25, 0.3) is 0 Å². The summed E-state index contributed by atoms with van der Waals surface area (Å²) in [5, 5.41) is 0. The Kier molecular flexibility index (Phi) is 3.02. The largest absolute Gasteiger partial charge is 0.385 e. The van der Waals surface area contributed by atoms with Crippen molar-refractivity contribution in [2.75, 3.05) is 0 Å². The minimum Gasteiger partial charge on any atom is -0.385 e. The minimum atomic E-state index is -0.419. The molecule has 1 aromatic rings. The van der Waals surface area contributed by atoms with Gasteiger partial charge < -0.3 is 5.73 Å². The van der Waals surface area contributed by atoms with Crippen LogP contribution in [0.4, 0.5) is 4.79 Å². The van der Waals surface area contributed by atoms with E-state index >= 15 is 0 Å². The first-order chi connectivity index (χ1) is 8.56. The molecular weight excluding hydrogens is 228 g/mol. The van der Waals surface area contributed by atoms with Gasteiger partial charge in [0, 0.05) is 18.0 Å². The average Bonchev–Trinajstić information content (AvgIpc) is 2.64. The first-order valence-electron chi connectivity index (χ1n) is 5.59. The smallest absolute Gasteiger partial charge is 0.347 e. The minimum absolute atomic E-state index is 0.262. The van der Waals surface area contributed by atoms with E-state index in [2.05, 4.69) is 15.9 Å². The number of carbonyl (C=O) groups is 1. The number of hydrogen-bond donors (Lipinski definition) is 1. The second-order valence-corrected chi connectivity index (χ2v) is 4.20. The molecule has 2 N–H and O–H groups in total. The molecule has 0 aliphatic carbocycles. The summed E-state index contributed by atoms with van der Waals surface area (Å²) in [6.07, 6.45) is 8.77. The van der Waals surface area contributed by atoms with Crippen LogP contribution in [0.5, 0.6) is 0 Å². The van der Waals surface area contributed by atoms with Crippen molar-refractivity contribution in [3.63, 3.8) is 0 Å². The molecule has 2 rings (SSSR count). The van der Waals surface area contributed by atoms with Gasteiger partial charge in [0.2, 0.25) is 0 Å². The van der Waals surface area contributed by atoms with Crippen molar-refractivity contribution in [1.82, 2.24) is 9.88 Å². The Hall–Kier alpha value is -2.35. The lowest BCUT2D eigenvalue weighted by molar-refractivity contribution is 0.198. The number of nitrogens with zero attached hydrogens (tertiary/aromatic N) is 3. The van der Waals surface area contributed by atoms with Gasteiger partial charge in [-0.3, -0.25) is 9.88 Å². The third kappa shape index (κ3) is 1.82. The summed E-state index contributed by atoms with van der Waals surface area (Å²) in [6, 6.07) is 0.680. The number of urea groups is 1. The van der Waals surface area contributed by atoms with E-state index in [9.17, 15) is 4.79 Å². The van der Waals surface area contributed by atoms with E-state index in [-0.39, 0.29) is 11.9 Å². The predicted molar refractivity (Wildman–Crippen MR) is 68.9 cm³/mol. The molecule has 2 unspecified atom stereocenters. The fourth-order valence-electron chi connectivity index (χ4n) is 2.02. The van der Waals surface area contributed by atoms with Crippen molar-refractivity contribution in [2.24, 2.45) is 10.7 Å². The molecule has 0 saturated heterocycles. The molecule has 0 fully saturated rings. The standard InChI is InChI=1S/C13H14N4O/c1-4-9(3)17-11(12(14)16-13(17)18)10-7-15-6-5-8(10)2/h1,5-7,9,11H,2-3H3,(H2,14,16,18). The third-order valence-electron chi connectivity index (χ3n) is 3.04. The highest BCUT2D eigenvalue weighted by molar-refractivity contribution is 6.03. The highest BCUT2D eigenvalue weighted by Gasteiger charge is 2.37. The zero-order chi connectivity index (χ0) is 13.3. The van der Waals surface area contributed by atoms with Crippen LogP contribution in [-0.2, 0) is 0 Å². The lowest BCUT2D eigenvalue weighted by atomic mass is 10.0. The second-order valence-electron chi connectivity index (χ2n) is 4.20. The molecule has 0 saturated carbocycles. The Bertz CT molecular complexity index is 558. The summed E-state index contributed by atoms with van der Waals surface area (Å²) in [4.78, 5) is 21.2. The van der Waals surface area contributed by atoms with Crippen LogP contribution < -0.4 is 5.73 Å². The molecule has 1 aliphatic rings. The summed E-state index contributed by atoms with van der Waals surface area (Å²) < 4.78 is 0.